The van der Waals surface area contributed by atoms with Crippen LogP contribution >= 0.6 is 0 Å². The summed E-state index contributed by atoms with van der Waals surface area (Å²) in [6.45, 7) is 6.14. The van der Waals surface area contributed by atoms with Crippen LogP contribution in [-0.4, -0.2) is 8.42 Å². The first kappa shape index (κ1) is 17.7. The number of aryl methyl sites for hydroxylation is 1. The molecule has 1 N–H and O–H groups in total. The van der Waals surface area contributed by atoms with Gasteiger partial charge in [0.15, 0.2) is 0 Å². The monoisotopic (exact) mass is 331 g/mol. The summed E-state index contributed by atoms with van der Waals surface area (Å²) in [6, 6.07) is 17.2. The highest BCUT2D eigenvalue weighted by Gasteiger charge is 2.21. The number of rotatable bonds is 7. The van der Waals surface area contributed by atoms with Crippen molar-refractivity contribution in [3.63, 3.8) is 0 Å². The molecule has 0 aliphatic carbocycles. The third kappa shape index (κ3) is 5.48. The van der Waals surface area contributed by atoms with Crippen molar-refractivity contribution in [1.29, 1.82) is 0 Å². The molecule has 0 aromatic heterocycles. The molecule has 124 valence electrons. The molecule has 2 aromatic rings. The number of hydrogen-bond acceptors (Lipinski definition) is 2. The van der Waals surface area contributed by atoms with E-state index < -0.39 is 10.0 Å². The van der Waals surface area contributed by atoms with Gasteiger partial charge in [0.1, 0.15) is 0 Å². The van der Waals surface area contributed by atoms with Crippen LogP contribution in [0.25, 0.3) is 0 Å². The predicted octanol–water partition coefficient (Wildman–Crippen LogP) is 4.20. The zero-order valence-electron chi connectivity index (χ0n) is 14.0. The van der Waals surface area contributed by atoms with E-state index in [0.29, 0.717) is 5.92 Å². The van der Waals surface area contributed by atoms with Gasteiger partial charge in [-0.1, -0.05) is 68.4 Å². The lowest BCUT2D eigenvalue weighted by Gasteiger charge is -2.21. The molecule has 0 heterocycles. The van der Waals surface area contributed by atoms with E-state index in [0.717, 1.165) is 23.1 Å². The Labute approximate surface area is 139 Å². The topological polar surface area (TPSA) is 46.2 Å². The maximum absolute atomic E-state index is 12.6. The third-order valence-corrected chi connectivity index (χ3v) is 5.17. The summed E-state index contributed by atoms with van der Waals surface area (Å²) >= 11 is 0. The van der Waals surface area contributed by atoms with Gasteiger partial charge in [0, 0.05) is 6.04 Å². The molecule has 1 atom stereocenters. The van der Waals surface area contributed by atoms with Crippen molar-refractivity contribution in [1.82, 2.24) is 4.72 Å². The van der Waals surface area contributed by atoms with Gasteiger partial charge < -0.3 is 0 Å². The Morgan fingerprint density at radius 3 is 2.17 bits per heavy atom. The highest BCUT2D eigenvalue weighted by atomic mass is 32.2. The Morgan fingerprint density at radius 2 is 1.57 bits per heavy atom. The van der Waals surface area contributed by atoms with Gasteiger partial charge in [-0.15, -0.1) is 0 Å². The second-order valence-corrected chi connectivity index (χ2v) is 8.15. The summed E-state index contributed by atoms with van der Waals surface area (Å²) in [5.74, 6) is 0.419. The number of hydrogen-bond donors (Lipinski definition) is 1. The van der Waals surface area contributed by atoms with Crippen molar-refractivity contribution in [2.45, 2.75) is 39.0 Å². The summed E-state index contributed by atoms with van der Waals surface area (Å²) in [7, 11) is -3.40. The van der Waals surface area contributed by atoms with Crippen LogP contribution in [0.2, 0.25) is 0 Å². The molecule has 0 unspecified atom stereocenters. The van der Waals surface area contributed by atoms with Crippen molar-refractivity contribution in [2.24, 2.45) is 5.92 Å². The van der Waals surface area contributed by atoms with Crippen LogP contribution < -0.4 is 4.72 Å². The van der Waals surface area contributed by atoms with Crippen LogP contribution in [0.5, 0.6) is 0 Å². The maximum Gasteiger partial charge on any atom is 0.216 e. The van der Waals surface area contributed by atoms with Gasteiger partial charge >= 0.3 is 0 Å². The molecule has 2 rings (SSSR count). The fourth-order valence-corrected chi connectivity index (χ4v) is 4.13. The molecule has 3 nitrogen and oxygen atoms in total. The van der Waals surface area contributed by atoms with E-state index in [9.17, 15) is 8.42 Å². The normalized spacial score (nSPS) is 13.2. The van der Waals surface area contributed by atoms with Crippen molar-refractivity contribution >= 4 is 10.0 Å². The summed E-state index contributed by atoms with van der Waals surface area (Å²) in [5, 5.41) is 0. The SMILES string of the molecule is Cc1ccccc1CS(=O)(=O)N[C@@H](CC(C)C)c1ccccc1. The molecule has 2 aromatic carbocycles. The molecule has 0 fully saturated rings. The predicted molar refractivity (Wildman–Crippen MR) is 95.6 cm³/mol. The molecule has 0 radical (unpaired) electrons. The zero-order valence-corrected chi connectivity index (χ0v) is 14.8. The van der Waals surface area contributed by atoms with Crippen LogP contribution in [-0.2, 0) is 15.8 Å². The van der Waals surface area contributed by atoms with E-state index in [1.807, 2.05) is 61.5 Å². The third-order valence-electron chi connectivity index (χ3n) is 3.84. The molecule has 0 aliphatic rings. The smallest absolute Gasteiger partial charge is 0.212 e. The van der Waals surface area contributed by atoms with E-state index in [1.165, 1.54) is 0 Å². The van der Waals surface area contributed by atoms with Crippen molar-refractivity contribution in [3.8, 4) is 0 Å². The van der Waals surface area contributed by atoms with E-state index in [-0.39, 0.29) is 11.8 Å². The average molecular weight is 331 g/mol. The van der Waals surface area contributed by atoms with E-state index >= 15 is 0 Å². The van der Waals surface area contributed by atoms with Gasteiger partial charge in [0.25, 0.3) is 0 Å². The summed E-state index contributed by atoms with van der Waals surface area (Å²) < 4.78 is 28.1. The minimum absolute atomic E-state index is 0.0150. The van der Waals surface area contributed by atoms with E-state index in [2.05, 4.69) is 18.6 Å². The Balaban J connectivity index is 2.19. The first-order valence-corrected chi connectivity index (χ1v) is 9.62. The van der Waals surface area contributed by atoms with Crippen LogP contribution in [0, 0.1) is 12.8 Å². The standard InChI is InChI=1S/C19H25NO2S/c1-15(2)13-19(17-10-5-4-6-11-17)20-23(21,22)14-18-12-8-7-9-16(18)3/h4-12,15,19-20H,13-14H2,1-3H3/t19-/m0/s1. The maximum atomic E-state index is 12.6. The first-order chi connectivity index (χ1) is 10.9. The molecule has 4 heteroatoms. The van der Waals surface area contributed by atoms with Gasteiger partial charge in [-0.3, -0.25) is 0 Å². The molecule has 0 bridgehead atoms. The van der Waals surface area contributed by atoms with Crippen molar-refractivity contribution in [2.75, 3.05) is 0 Å². The van der Waals surface area contributed by atoms with Crippen molar-refractivity contribution < 1.29 is 8.42 Å². The van der Waals surface area contributed by atoms with Gasteiger partial charge in [0.2, 0.25) is 10.0 Å². The molecule has 0 amide bonds. The van der Waals surface area contributed by atoms with E-state index in [4.69, 9.17) is 0 Å². The fourth-order valence-electron chi connectivity index (χ4n) is 2.64. The molecule has 23 heavy (non-hydrogen) atoms. The molecule has 0 saturated heterocycles. The van der Waals surface area contributed by atoms with Crippen LogP contribution in [0.1, 0.15) is 43.0 Å². The average Bonchev–Trinajstić information content (AvgIpc) is 2.49. The second-order valence-electron chi connectivity index (χ2n) is 6.40. The highest BCUT2D eigenvalue weighted by molar-refractivity contribution is 7.88. The Kier molecular flexibility index (Phi) is 5.97. The van der Waals surface area contributed by atoms with Gasteiger partial charge in [0.05, 0.1) is 5.75 Å². The lowest BCUT2D eigenvalue weighted by Crippen LogP contribution is -2.30. The van der Waals surface area contributed by atoms with Crippen LogP contribution in [0.3, 0.4) is 0 Å². The Hall–Kier alpha value is -1.65. The molecule has 0 spiro atoms. The van der Waals surface area contributed by atoms with Crippen LogP contribution in [0.15, 0.2) is 54.6 Å². The second kappa shape index (κ2) is 7.75. The number of nitrogens with one attached hydrogen (secondary N) is 1. The Morgan fingerprint density at radius 1 is 0.957 bits per heavy atom. The molecule has 0 saturated carbocycles. The lowest BCUT2D eigenvalue weighted by atomic mass is 9.98. The minimum Gasteiger partial charge on any atom is -0.212 e. The van der Waals surface area contributed by atoms with Gasteiger partial charge in [-0.05, 0) is 36.0 Å². The Bertz CT molecular complexity index is 724. The molecular formula is C19H25NO2S. The largest absolute Gasteiger partial charge is 0.216 e. The molecular weight excluding hydrogens is 306 g/mol. The summed E-state index contributed by atoms with van der Waals surface area (Å²) in [4.78, 5) is 0. The fraction of sp³-hybridized carbons (Fsp3) is 0.368. The lowest BCUT2D eigenvalue weighted by molar-refractivity contribution is 0.471. The summed E-state index contributed by atoms with van der Waals surface area (Å²) in [5.41, 5.74) is 2.85. The van der Waals surface area contributed by atoms with Gasteiger partial charge in [-0.2, -0.15) is 0 Å². The zero-order chi connectivity index (χ0) is 16.9. The van der Waals surface area contributed by atoms with Crippen LogP contribution in [0.4, 0.5) is 0 Å². The van der Waals surface area contributed by atoms with E-state index in [1.54, 1.807) is 0 Å². The number of benzene rings is 2. The first-order valence-electron chi connectivity index (χ1n) is 7.97. The quantitative estimate of drug-likeness (QED) is 0.826. The highest BCUT2D eigenvalue weighted by Crippen LogP contribution is 2.23. The van der Waals surface area contributed by atoms with Crippen molar-refractivity contribution in [3.05, 3.63) is 71.3 Å². The van der Waals surface area contributed by atoms with Gasteiger partial charge in [-0.25, -0.2) is 13.1 Å². The number of sulfonamides is 1. The minimum atomic E-state index is -3.40. The summed E-state index contributed by atoms with van der Waals surface area (Å²) in [6.07, 6.45) is 0.775. The molecule has 0 aliphatic heterocycles.